The molecule has 0 fully saturated rings. The van der Waals surface area contributed by atoms with E-state index >= 15 is 0 Å². The lowest BCUT2D eigenvalue weighted by molar-refractivity contribution is -0.727. The fourth-order valence-corrected chi connectivity index (χ4v) is 0.592. The standard InChI is InChI=1S/C3H2N6O/c10-9-6-2-8-3(7-9)4-1-5-8/h1-2H. The van der Waals surface area contributed by atoms with Crippen molar-refractivity contribution in [1.82, 2.24) is 24.8 Å². The molecule has 0 aromatic carbocycles. The van der Waals surface area contributed by atoms with Crippen molar-refractivity contribution in [3.8, 4) is 0 Å². The van der Waals surface area contributed by atoms with Crippen molar-refractivity contribution >= 4 is 5.78 Å². The van der Waals surface area contributed by atoms with Crippen LogP contribution in [0, 0.1) is 5.21 Å². The van der Waals surface area contributed by atoms with Crippen molar-refractivity contribution in [2.45, 2.75) is 0 Å². The van der Waals surface area contributed by atoms with Crippen LogP contribution in [-0.4, -0.2) is 24.8 Å². The maximum Gasteiger partial charge on any atom is 0.323 e. The average Bonchev–Trinajstić information content (AvgIpc) is 2.33. The van der Waals surface area contributed by atoms with Gasteiger partial charge < -0.3 is 5.21 Å². The lowest BCUT2D eigenvalue weighted by atomic mass is 11.1. The summed E-state index contributed by atoms with van der Waals surface area (Å²) in [7, 11) is 0. The molecule has 0 aliphatic rings. The molecule has 0 radical (unpaired) electrons. The van der Waals surface area contributed by atoms with Crippen LogP contribution in [0.15, 0.2) is 12.7 Å². The van der Waals surface area contributed by atoms with Crippen LogP contribution >= 0.6 is 0 Å². The minimum atomic E-state index is 0.185. The van der Waals surface area contributed by atoms with Gasteiger partial charge >= 0.3 is 5.78 Å². The highest BCUT2D eigenvalue weighted by Crippen LogP contribution is 1.82. The zero-order valence-electron chi connectivity index (χ0n) is 4.75. The summed E-state index contributed by atoms with van der Waals surface area (Å²) in [6.45, 7) is 0. The van der Waals surface area contributed by atoms with Crippen LogP contribution in [0.25, 0.3) is 5.78 Å². The van der Waals surface area contributed by atoms with Gasteiger partial charge in [0.1, 0.15) is 6.33 Å². The molecular formula is C3H2N6O. The molecule has 0 bridgehead atoms. The summed E-state index contributed by atoms with van der Waals surface area (Å²) < 4.78 is 1.30. The summed E-state index contributed by atoms with van der Waals surface area (Å²) in [6, 6.07) is 0. The number of hydrogen-bond donors (Lipinski definition) is 0. The Morgan fingerprint density at radius 2 is 2.50 bits per heavy atom. The Kier molecular flexibility index (Phi) is 0.802. The Morgan fingerprint density at radius 1 is 1.60 bits per heavy atom. The van der Waals surface area contributed by atoms with E-state index < -0.39 is 0 Å². The SMILES string of the molecule is [O-][n+]1ncn2ncnc2n1. The lowest BCUT2D eigenvalue weighted by Crippen LogP contribution is -2.36. The summed E-state index contributed by atoms with van der Waals surface area (Å²) in [5.41, 5.74) is 0. The van der Waals surface area contributed by atoms with Crippen LogP contribution in [0.4, 0.5) is 0 Å². The first kappa shape index (κ1) is 5.03. The number of hydrogen-bond acceptors (Lipinski definition) is 5. The fraction of sp³-hybridized carbons (Fsp3) is 0. The largest absolute Gasteiger partial charge is 0.569 e. The first-order valence-corrected chi connectivity index (χ1v) is 2.49. The third-order valence-electron chi connectivity index (χ3n) is 0.989. The third kappa shape index (κ3) is 0.569. The molecule has 2 aromatic heterocycles. The van der Waals surface area contributed by atoms with E-state index in [0.29, 0.717) is 0 Å². The van der Waals surface area contributed by atoms with Crippen molar-refractivity contribution < 1.29 is 4.96 Å². The number of aromatic nitrogens is 6. The van der Waals surface area contributed by atoms with E-state index in [0.717, 1.165) is 0 Å². The molecule has 50 valence electrons. The van der Waals surface area contributed by atoms with E-state index in [1.54, 1.807) is 0 Å². The molecule has 0 unspecified atom stereocenters. The number of fused-ring (bicyclic) bond motifs is 1. The van der Waals surface area contributed by atoms with Gasteiger partial charge in [-0.2, -0.15) is 14.6 Å². The molecule has 0 aliphatic heterocycles. The molecule has 0 saturated carbocycles. The van der Waals surface area contributed by atoms with E-state index in [1.165, 1.54) is 17.2 Å². The van der Waals surface area contributed by atoms with Gasteiger partial charge in [0.15, 0.2) is 6.33 Å². The van der Waals surface area contributed by atoms with Crippen LogP contribution in [0.2, 0.25) is 0 Å². The summed E-state index contributed by atoms with van der Waals surface area (Å²) in [5, 5.41) is 20.7. The Hall–Kier alpha value is -1.79. The van der Waals surface area contributed by atoms with E-state index in [2.05, 4.69) is 20.3 Å². The van der Waals surface area contributed by atoms with E-state index in [4.69, 9.17) is 0 Å². The van der Waals surface area contributed by atoms with Crippen molar-refractivity contribution in [3.05, 3.63) is 17.9 Å². The highest BCUT2D eigenvalue weighted by Gasteiger charge is 1.99. The maximum absolute atomic E-state index is 10.4. The molecule has 7 heteroatoms. The monoisotopic (exact) mass is 138 g/mol. The Balaban J connectivity index is 2.86. The van der Waals surface area contributed by atoms with Gasteiger partial charge in [0, 0.05) is 0 Å². The van der Waals surface area contributed by atoms with Crippen molar-refractivity contribution in [2.24, 2.45) is 0 Å². The summed E-state index contributed by atoms with van der Waals surface area (Å²) in [5.74, 6) is 0.241. The zero-order chi connectivity index (χ0) is 6.97. The highest BCUT2D eigenvalue weighted by molar-refractivity contribution is 5.17. The summed E-state index contributed by atoms with van der Waals surface area (Å²) in [4.78, 5) is 3.84. The van der Waals surface area contributed by atoms with Crippen LogP contribution in [0.5, 0.6) is 0 Å². The molecule has 0 aliphatic carbocycles. The van der Waals surface area contributed by atoms with Gasteiger partial charge in [0.05, 0.1) is 15.2 Å². The maximum atomic E-state index is 10.4. The van der Waals surface area contributed by atoms with Crippen LogP contribution in [-0.2, 0) is 0 Å². The Morgan fingerprint density at radius 3 is 3.40 bits per heavy atom. The molecule has 2 rings (SSSR count). The van der Waals surface area contributed by atoms with Gasteiger partial charge in [-0.05, 0) is 0 Å². The summed E-state index contributed by atoms with van der Waals surface area (Å²) in [6.07, 6.45) is 2.53. The first-order chi connectivity index (χ1) is 4.86. The van der Waals surface area contributed by atoms with Gasteiger partial charge in [-0.15, -0.1) is 0 Å². The smallest absolute Gasteiger partial charge is 0.323 e. The number of rotatable bonds is 0. The molecule has 0 N–H and O–H groups in total. The van der Waals surface area contributed by atoms with Crippen LogP contribution in [0.1, 0.15) is 0 Å². The Bertz CT molecular complexity index is 355. The predicted octanol–water partition coefficient (Wildman–Crippen LogP) is -1.85. The first-order valence-electron chi connectivity index (χ1n) is 2.49. The Labute approximate surface area is 54.5 Å². The van der Waals surface area contributed by atoms with Gasteiger partial charge in [-0.3, -0.25) is 0 Å². The van der Waals surface area contributed by atoms with E-state index in [1.807, 2.05) is 0 Å². The lowest BCUT2D eigenvalue weighted by Gasteiger charge is -1.85. The van der Waals surface area contributed by atoms with E-state index in [-0.39, 0.29) is 10.7 Å². The third-order valence-corrected chi connectivity index (χ3v) is 0.989. The molecule has 0 saturated heterocycles. The second kappa shape index (κ2) is 1.59. The normalized spacial score (nSPS) is 10.4. The molecule has 10 heavy (non-hydrogen) atoms. The van der Waals surface area contributed by atoms with Crippen LogP contribution < -0.4 is 4.96 Å². The zero-order valence-corrected chi connectivity index (χ0v) is 4.75. The highest BCUT2D eigenvalue weighted by atomic mass is 16.5. The van der Waals surface area contributed by atoms with Crippen LogP contribution in [0.3, 0.4) is 0 Å². The second-order valence-electron chi connectivity index (χ2n) is 1.59. The predicted molar refractivity (Wildman–Crippen MR) is 27.5 cm³/mol. The quantitative estimate of drug-likeness (QED) is 0.315. The van der Waals surface area contributed by atoms with E-state index in [9.17, 15) is 5.21 Å². The number of nitrogens with zero attached hydrogens (tertiary/aromatic N) is 6. The van der Waals surface area contributed by atoms with Gasteiger partial charge in [-0.1, -0.05) is 0 Å². The van der Waals surface area contributed by atoms with Gasteiger partial charge in [0.25, 0.3) is 0 Å². The molecule has 2 heterocycles. The van der Waals surface area contributed by atoms with Gasteiger partial charge in [0.2, 0.25) is 0 Å². The molecule has 2 aromatic rings. The molecule has 0 spiro atoms. The average molecular weight is 138 g/mol. The van der Waals surface area contributed by atoms with Crippen molar-refractivity contribution in [1.29, 1.82) is 0 Å². The minimum Gasteiger partial charge on any atom is -0.569 e. The molecule has 0 amide bonds. The second-order valence-corrected chi connectivity index (χ2v) is 1.59. The van der Waals surface area contributed by atoms with Crippen molar-refractivity contribution in [3.63, 3.8) is 0 Å². The molecule has 0 atom stereocenters. The minimum absolute atomic E-state index is 0.185. The summed E-state index contributed by atoms with van der Waals surface area (Å²) >= 11 is 0. The fourth-order valence-electron chi connectivity index (χ4n) is 0.592. The van der Waals surface area contributed by atoms with Crippen molar-refractivity contribution in [2.75, 3.05) is 0 Å². The van der Waals surface area contributed by atoms with Gasteiger partial charge in [-0.25, -0.2) is 0 Å². The molecule has 7 nitrogen and oxygen atoms in total. The molecular weight excluding hydrogens is 136 g/mol. The topological polar surface area (TPSA) is 82.9 Å².